The Balaban J connectivity index is 0.000000448. The third-order valence-electron chi connectivity index (χ3n) is 4.78. The molecular formula is C23H26N4O2S. The average Bonchev–Trinajstić information content (AvgIpc) is 3.33. The maximum atomic E-state index is 9.78. The zero-order valence-corrected chi connectivity index (χ0v) is 18.0. The topological polar surface area (TPSA) is 91.0 Å². The molecule has 0 radical (unpaired) electrons. The quantitative estimate of drug-likeness (QED) is 0.687. The van der Waals surface area contributed by atoms with Crippen molar-refractivity contribution in [3.63, 3.8) is 0 Å². The van der Waals surface area contributed by atoms with Crippen LogP contribution < -0.4 is 5.32 Å². The fourth-order valence-electron chi connectivity index (χ4n) is 3.16. The van der Waals surface area contributed by atoms with Crippen molar-refractivity contribution < 1.29 is 9.47 Å². The van der Waals surface area contributed by atoms with Crippen molar-refractivity contribution in [3.05, 3.63) is 41.5 Å². The molecule has 0 unspecified atom stereocenters. The van der Waals surface area contributed by atoms with Crippen LogP contribution in [0.3, 0.4) is 0 Å². The van der Waals surface area contributed by atoms with Crippen molar-refractivity contribution >= 4 is 17.6 Å². The molecule has 2 aliphatic rings. The molecule has 2 fully saturated rings. The zero-order chi connectivity index (χ0) is 21.2. The minimum Gasteiger partial charge on any atom is -0.381 e. The highest BCUT2D eigenvalue weighted by molar-refractivity contribution is 7.99. The lowest BCUT2D eigenvalue weighted by Gasteiger charge is -2.25. The number of aromatic nitrogens is 1. The summed E-state index contributed by atoms with van der Waals surface area (Å²) in [5.74, 6) is 1.89. The van der Waals surface area contributed by atoms with E-state index in [1.54, 1.807) is 11.8 Å². The molecule has 7 heteroatoms. The van der Waals surface area contributed by atoms with Gasteiger partial charge in [-0.15, -0.1) is 11.8 Å². The molecule has 0 spiro atoms. The van der Waals surface area contributed by atoms with Crippen LogP contribution >= 0.6 is 11.8 Å². The SMILES string of the molecule is C1CCOC1.CCNc1nc(SCC2COC2)c(C#N)c(-c2ccccc2)c1C#N. The monoisotopic (exact) mass is 422 g/mol. The Hall–Kier alpha value is -2.58. The van der Waals surface area contributed by atoms with Crippen LogP contribution in [0.25, 0.3) is 11.1 Å². The van der Waals surface area contributed by atoms with Gasteiger partial charge in [-0.3, -0.25) is 0 Å². The first kappa shape index (κ1) is 22.1. The van der Waals surface area contributed by atoms with E-state index in [1.807, 2.05) is 37.3 Å². The van der Waals surface area contributed by atoms with Gasteiger partial charge in [0.1, 0.15) is 28.5 Å². The number of nitrogens with zero attached hydrogens (tertiary/aromatic N) is 3. The van der Waals surface area contributed by atoms with E-state index >= 15 is 0 Å². The van der Waals surface area contributed by atoms with Crippen LogP contribution in [0.2, 0.25) is 0 Å². The van der Waals surface area contributed by atoms with E-state index in [4.69, 9.17) is 9.47 Å². The molecule has 156 valence electrons. The summed E-state index contributed by atoms with van der Waals surface area (Å²) in [5, 5.41) is 23.3. The molecule has 1 N–H and O–H groups in total. The molecule has 4 rings (SSSR count). The number of benzene rings is 1. The number of hydrogen-bond acceptors (Lipinski definition) is 7. The van der Waals surface area contributed by atoms with E-state index in [-0.39, 0.29) is 0 Å². The first-order valence-corrected chi connectivity index (χ1v) is 11.2. The maximum Gasteiger partial charge on any atom is 0.146 e. The summed E-state index contributed by atoms with van der Waals surface area (Å²) in [6.07, 6.45) is 2.56. The van der Waals surface area contributed by atoms with Gasteiger partial charge < -0.3 is 14.8 Å². The lowest BCUT2D eigenvalue weighted by atomic mass is 9.97. The number of nitriles is 2. The highest BCUT2D eigenvalue weighted by Crippen LogP contribution is 2.37. The van der Waals surface area contributed by atoms with Crippen LogP contribution in [0.5, 0.6) is 0 Å². The molecule has 1 aromatic heterocycles. The van der Waals surface area contributed by atoms with Gasteiger partial charge in [0.25, 0.3) is 0 Å². The Morgan fingerprint density at radius 2 is 1.77 bits per heavy atom. The molecule has 0 saturated carbocycles. The second-order valence-corrected chi connectivity index (χ2v) is 8.05. The lowest BCUT2D eigenvalue weighted by molar-refractivity contribution is -0.0196. The van der Waals surface area contributed by atoms with Crippen LogP contribution in [-0.4, -0.2) is 43.7 Å². The van der Waals surface area contributed by atoms with E-state index in [0.717, 1.165) is 37.7 Å². The fraction of sp³-hybridized carbons (Fsp3) is 0.435. The van der Waals surface area contributed by atoms with E-state index < -0.39 is 0 Å². The number of nitrogens with one attached hydrogen (secondary N) is 1. The first-order valence-electron chi connectivity index (χ1n) is 10.2. The largest absolute Gasteiger partial charge is 0.381 e. The highest BCUT2D eigenvalue weighted by Gasteiger charge is 2.24. The summed E-state index contributed by atoms with van der Waals surface area (Å²) >= 11 is 1.56. The van der Waals surface area contributed by atoms with Gasteiger partial charge in [-0.25, -0.2) is 4.98 Å². The van der Waals surface area contributed by atoms with E-state index in [2.05, 4.69) is 22.4 Å². The van der Waals surface area contributed by atoms with Crippen LogP contribution in [0.15, 0.2) is 35.4 Å². The number of thioether (sulfide) groups is 1. The maximum absolute atomic E-state index is 9.78. The number of hydrogen-bond donors (Lipinski definition) is 1. The highest BCUT2D eigenvalue weighted by atomic mass is 32.2. The van der Waals surface area contributed by atoms with Gasteiger partial charge >= 0.3 is 0 Å². The van der Waals surface area contributed by atoms with Gasteiger partial charge in [0.2, 0.25) is 0 Å². The lowest BCUT2D eigenvalue weighted by Crippen LogP contribution is -2.29. The molecule has 0 aliphatic carbocycles. The van der Waals surface area contributed by atoms with Gasteiger partial charge in [-0.05, 0) is 25.3 Å². The van der Waals surface area contributed by atoms with Crippen LogP contribution in [-0.2, 0) is 9.47 Å². The van der Waals surface area contributed by atoms with Crippen molar-refractivity contribution in [2.75, 3.05) is 44.0 Å². The van der Waals surface area contributed by atoms with Gasteiger partial charge in [0.05, 0.1) is 18.8 Å². The van der Waals surface area contributed by atoms with E-state index in [0.29, 0.717) is 40.0 Å². The summed E-state index contributed by atoms with van der Waals surface area (Å²) < 4.78 is 10.2. The van der Waals surface area contributed by atoms with Crippen LogP contribution in [0, 0.1) is 28.6 Å². The van der Waals surface area contributed by atoms with Gasteiger partial charge in [0.15, 0.2) is 0 Å². The molecule has 2 saturated heterocycles. The number of rotatable bonds is 6. The van der Waals surface area contributed by atoms with E-state index in [9.17, 15) is 10.5 Å². The van der Waals surface area contributed by atoms with Crippen LogP contribution in [0.1, 0.15) is 30.9 Å². The molecule has 2 aromatic rings. The van der Waals surface area contributed by atoms with Gasteiger partial charge in [-0.1, -0.05) is 30.3 Å². The number of ether oxygens (including phenoxy) is 2. The Bertz CT molecular complexity index is 906. The number of pyridine rings is 1. The van der Waals surface area contributed by atoms with Crippen molar-refractivity contribution in [1.82, 2.24) is 4.98 Å². The predicted octanol–water partition coefficient (Wildman–Crippen LogP) is 4.46. The smallest absolute Gasteiger partial charge is 0.146 e. The Kier molecular flexibility index (Phi) is 8.53. The molecule has 0 bridgehead atoms. The molecule has 0 atom stereocenters. The van der Waals surface area contributed by atoms with Gasteiger partial charge in [-0.2, -0.15) is 10.5 Å². The summed E-state index contributed by atoms with van der Waals surface area (Å²) in [6.45, 7) is 6.14. The summed E-state index contributed by atoms with van der Waals surface area (Å²) in [5.41, 5.74) is 2.39. The average molecular weight is 423 g/mol. The molecule has 3 heterocycles. The molecule has 30 heavy (non-hydrogen) atoms. The van der Waals surface area contributed by atoms with Crippen molar-refractivity contribution in [1.29, 1.82) is 10.5 Å². The summed E-state index contributed by atoms with van der Waals surface area (Å²) in [6, 6.07) is 14.1. The Morgan fingerprint density at radius 1 is 1.07 bits per heavy atom. The van der Waals surface area contributed by atoms with Crippen LogP contribution in [0.4, 0.5) is 5.82 Å². The third-order valence-corrected chi connectivity index (χ3v) is 5.99. The second kappa shape index (κ2) is 11.6. The van der Waals surface area contributed by atoms with Crippen molar-refractivity contribution in [2.24, 2.45) is 5.92 Å². The Labute approximate surface area is 182 Å². The second-order valence-electron chi connectivity index (χ2n) is 7.04. The first-order chi connectivity index (χ1) is 14.8. The predicted molar refractivity (Wildman–Crippen MR) is 118 cm³/mol. The molecule has 6 nitrogen and oxygen atoms in total. The van der Waals surface area contributed by atoms with Crippen molar-refractivity contribution in [3.8, 4) is 23.3 Å². The van der Waals surface area contributed by atoms with Crippen molar-refractivity contribution in [2.45, 2.75) is 24.8 Å². The third kappa shape index (κ3) is 5.52. The standard InChI is InChI=1S/C19H18N4OS.C4H8O/c1-2-22-18-15(8-20)17(14-6-4-3-5-7-14)16(9-21)19(23-18)25-12-13-10-24-11-13;1-2-4-5-3-1/h3-7,13H,2,10-12H2,1H3,(H,22,23);1-4H2. The summed E-state index contributed by atoms with van der Waals surface area (Å²) in [7, 11) is 0. The normalized spacial score (nSPS) is 15.3. The molecule has 2 aliphatic heterocycles. The van der Waals surface area contributed by atoms with E-state index in [1.165, 1.54) is 12.8 Å². The summed E-state index contributed by atoms with van der Waals surface area (Å²) in [4.78, 5) is 4.59. The van der Waals surface area contributed by atoms with Gasteiger partial charge in [0, 0.05) is 37.0 Å². The fourth-order valence-corrected chi connectivity index (χ4v) is 4.19. The molecular weight excluding hydrogens is 396 g/mol. The minimum absolute atomic E-state index is 0.418. The Morgan fingerprint density at radius 3 is 2.27 bits per heavy atom. The minimum atomic E-state index is 0.418. The number of anilines is 1. The molecule has 1 aromatic carbocycles. The zero-order valence-electron chi connectivity index (χ0n) is 17.2. The molecule has 0 amide bonds.